The molecule has 0 aliphatic rings. The Kier molecular flexibility index (Phi) is 3.87. The third kappa shape index (κ3) is 3.00. The number of alkyl halides is 3. The van der Waals surface area contributed by atoms with Gasteiger partial charge >= 0.3 is 6.18 Å². The molecule has 0 aliphatic heterocycles. The van der Waals surface area contributed by atoms with Crippen molar-refractivity contribution in [3.63, 3.8) is 0 Å². The number of hydrogen-bond acceptors (Lipinski definition) is 4. The summed E-state index contributed by atoms with van der Waals surface area (Å²) in [6, 6.07) is 1.92. The summed E-state index contributed by atoms with van der Waals surface area (Å²) in [7, 11) is 0. The van der Waals surface area contributed by atoms with Crippen LogP contribution < -0.4 is 5.56 Å². The van der Waals surface area contributed by atoms with Crippen LogP contribution in [-0.4, -0.2) is 30.6 Å². The standard InChI is InChI=1S/C15H13F3N6O/c1-8(2)11-12(10-5-20-23(6-10)7-15(16,17)18)22-13-9(3-19)4-21-24(13)14(11)25/h4-6,8,22H,7H2,1-2H3. The quantitative estimate of drug-likeness (QED) is 0.785. The van der Waals surface area contributed by atoms with E-state index in [0.29, 0.717) is 16.8 Å². The van der Waals surface area contributed by atoms with Crippen molar-refractivity contribution in [2.45, 2.75) is 32.5 Å². The summed E-state index contributed by atoms with van der Waals surface area (Å²) in [5.41, 5.74) is 0.942. The molecule has 0 amide bonds. The molecule has 0 atom stereocenters. The van der Waals surface area contributed by atoms with Gasteiger partial charge in [-0.25, -0.2) is 0 Å². The van der Waals surface area contributed by atoms with Gasteiger partial charge in [-0.05, 0) is 5.92 Å². The Morgan fingerprint density at radius 3 is 2.64 bits per heavy atom. The predicted molar refractivity (Wildman–Crippen MR) is 81.9 cm³/mol. The van der Waals surface area contributed by atoms with E-state index in [1.165, 1.54) is 18.6 Å². The van der Waals surface area contributed by atoms with Crippen LogP contribution in [0, 0.1) is 11.3 Å². The summed E-state index contributed by atoms with van der Waals surface area (Å²) in [4.78, 5) is 15.6. The second-order valence-electron chi connectivity index (χ2n) is 5.85. The van der Waals surface area contributed by atoms with Crippen molar-refractivity contribution in [1.29, 1.82) is 5.26 Å². The largest absolute Gasteiger partial charge is 0.408 e. The summed E-state index contributed by atoms with van der Waals surface area (Å²) in [5, 5.41) is 16.7. The zero-order valence-electron chi connectivity index (χ0n) is 13.3. The summed E-state index contributed by atoms with van der Waals surface area (Å²) >= 11 is 0. The first-order valence-electron chi connectivity index (χ1n) is 7.35. The lowest BCUT2D eigenvalue weighted by atomic mass is 10.00. The van der Waals surface area contributed by atoms with Gasteiger partial charge in [0.25, 0.3) is 5.56 Å². The van der Waals surface area contributed by atoms with Crippen LogP contribution in [0.2, 0.25) is 0 Å². The van der Waals surface area contributed by atoms with Gasteiger partial charge in [-0.1, -0.05) is 13.8 Å². The molecule has 0 aromatic carbocycles. The highest BCUT2D eigenvalue weighted by Crippen LogP contribution is 2.26. The summed E-state index contributed by atoms with van der Waals surface area (Å²) in [5.74, 6) is -0.219. The van der Waals surface area contributed by atoms with Crippen molar-refractivity contribution in [3.05, 3.63) is 40.1 Å². The van der Waals surface area contributed by atoms with Crippen LogP contribution >= 0.6 is 0 Å². The molecule has 7 nitrogen and oxygen atoms in total. The third-order valence-electron chi connectivity index (χ3n) is 3.67. The molecule has 0 fully saturated rings. The van der Waals surface area contributed by atoms with Crippen LogP contribution in [0.4, 0.5) is 13.2 Å². The minimum absolute atomic E-state index is 0.163. The van der Waals surface area contributed by atoms with Gasteiger partial charge in [-0.2, -0.15) is 33.1 Å². The van der Waals surface area contributed by atoms with Crippen LogP contribution in [0.25, 0.3) is 16.9 Å². The van der Waals surface area contributed by atoms with Gasteiger partial charge in [0.15, 0.2) is 5.65 Å². The fourth-order valence-electron chi connectivity index (χ4n) is 2.64. The van der Waals surface area contributed by atoms with E-state index in [0.717, 1.165) is 9.20 Å². The number of nitrogens with one attached hydrogen (secondary N) is 1. The maximum Gasteiger partial charge on any atom is 0.408 e. The van der Waals surface area contributed by atoms with E-state index in [1.807, 2.05) is 6.07 Å². The molecule has 0 saturated carbocycles. The van der Waals surface area contributed by atoms with E-state index in [2.05, 4.69) is 15.2 Å². The molecule has 3 heterocycles. The highest BCUT2D eigenvalue weighted by molar-refractivity contribution is 5.67. The molecule has 1 N–H and O–H groups in total. The number of aromatic nitrogens is 5. The number of nitriles is 1. The van der Waals surface area contributed by atoms with E-state index >= 15 is 0 Å². The van der Waals surface area contributed by atoms with Crippen molar-refractivity contribution in [2.75, 3.05) is 0 Å². The number of nitrogens with zero attached hydrogens (tertiary/aromatic N) is 5. The van der Waals surface area contributed by atoms with Crippen LogP contribution in [-0.2, 0) is 6.54 Å². The molecule has 0 spiro atoms. The van der Waals surface area contributed by atoms with E-state index in [4.69, 9.17) is 5.26 Å². The number of rotatable bonds is 3. The fraction of sp³-hybridized carbons (Fsp3) is 0.333. The van der Waals surface area contributed by atoms with Crippen LogP contribution in [0.1, 0.15) is 30.9 Å². The van der Waals surface area contributed by atoms with Crippen LogP contribution in [0.15, 0.2) is 23.4 Å². The summed E-state index contributed by atoms with van der Waals surface area (Å²) in [6.45, 7) is 2.34. The first-order chi connectivity index (χ1) is 11.7. The van der Waals surface area contributed by atoms with Crippen LogP contribution in [0.3, 0.4) is 0 Å². The van der Waals surface area contributed by atoms with Crippen molar-refractivity contribution in [3.8, 4) is 17.3 Å². The smallest absolute Gasteiger partial charge is 0.338 e. The number of halogens is 3. The van der Waals surface area contributed by atoms with E-state index in [-0.39, 0.29) is 17.1 Å². The Morgan fingerprint density at radius 2 is 2.04 bits per heavy atom. The van der Waals surface area contributed by atoms with Gasteiger partial charge in [0.05, 0.1) is 18.1 Å². The molecule has 0 radical (unpaired) electrons. The summed E-state index contributed by atoms with van der Waals surface area (Å²) in [6.07, 6.45) is -0.680. The number of hydrogen-bond donors (Lipinski definition) is 1. The second kappa shape index (κ2) is 5.77. The molecule has 130 valence electrons. The van der Waals surface area contributed by atoms with E-state index in [1.54, 1.807) is 13.8 Å². The highest BCUT2D eigenvalue weighted by Gasteiger charge is 2.29. The molecular weight excluding hydrogens is 337 g/mol. The number of aromatic amines is 1. The Bertz CT molecular complexity index is 1030. The van der Waals surface area contributed by atoms with Gasteiger partial charge in [0.1, 0.15) is 18.2 Å². The van der Waals surface area contributed by atoms with Crippen LogP contribution in [0.5, 0.6) is 0 Å². The monoisotopic (exact) mass is 350 g/mol. The lowest BCUT2D eigenvalue weighted by Crippen LogP contribution is -2.22. The van der Waals surface area contributed by atoms with Gasteiger partial charge in [-0.3, -0.25) is 9.48 Å². The van der Waals surface area contributed by atoms with E-state index < -0.39 is 18.3 Å². The highest BCUT2D eigenvalue weighted by atomic mass is 19.4. The Balaban J connectivity index is 2.23. The first kappa shape index (κ1) is 16.8. The van der Waals surface area contributed by atoms with Gasteiger partial charge in [-0.15, -0.1) is 0 Å². The van der Waals surface area contributed by atoms with Crippen molar-refractivity contribution < 1.29 is 13.2 Å². The van der Waals surface area contributed by atoms with Crippen molar-refractivity contribution in [2.24, 2.45) is 0 Å². The molecule has 0 bridgehead atoms. The van der Waals surface area contributed by atoms with Gasteiger partial charge in [0, 0.05) is 17.3 Å². The molecular formula is C15H13F3N6O. The zero-order valence-corrected chi connectivity index (χ0v) is 13.3. The van der Waals surface area contributed by atoms with Crippen molar-refractivity contribution >= 4 is 5.65 Å². The molecule has 0 saturated heterocycles. The number of fused-ring (bicyclic) bond motifs is 1. The molecule has 25 heavy (non-hydrogen) atoms. The molecule has 0 aliphatic carbocycles. The maximum atomic E-state index is 12.7. The lowest BCUT2D eigenvalue weighted by molar-refractivity contribution is -0.142. The van der Waals surface area contributed by atoms with Gasteiger partial charge < -0.3 is 4.98 Å². The Hall–Kier alpha value is -3.09. The minimum atomic E-state index is -4.40. The Labute approximate surface area is 139 Å². The molecule has 3 aromatic rings. The molecule has 3 aromatic heterocycles. The van der Waals surface area contributed by atoms with E-state index in [9.17, 15) is 18.0 Å². The zero-order chi connectivity index (χ0) is 18.4. The normalized spacial score (nSPS) is 12.0. The average Bonchev–Trinajstić information content (AvgIpc) is 3.11. The summed E-state index contributed by atoms with van der Waals surface area (Å²) < 4.78 is 39.4. The minimum Gasteiger partial charge on any atom is -0.338 e. The first-order valence-corrected chi connectivity index (χ1v) is 7.35. The Morgan fingerprint density at radius 1 is 1.32 bits per heavy atom. The fourth-order valence-corrected chi connectivity index (χ4v) is 2.64. The lowest BCUT2D eigenvalue weighted by Gasteiger charge is -2.11. The molecule has 10 heteroatoms. The topological polar surface area (TPSA) is 91.8 Å². The third-order valence-corrected chi connectivity index (χ3v) is 3.67. The average molecular weight is 350 g/mol. The van der Waals surface area contributed by atoms with Gasteiger partial charge in [0.2, 0.25) is 0 Å². The molecule has 3 rings (SSSR count). The van der Waals surface area contributed by atoms with Crippen molar-refractivity contribution in [1.82, 2.24) is 24.4 Å². The molecule has 0 unspecified atom stereocenters. The SMILES string of the molecule is CC(C)c1c(-c2cnn(CC(F)(F)F)c2)[nH]c2c(C#N)cnn2c1=O. The predicted octanol–water partition coefficient (Wildman–Crippen LogP) is 2.44. The second-order valence-corrected chi connectivity index (χ2v) is 5.85. The number of H-pyrrole nitrogens is 1. The maximum absolute atomic E-state index is 12.7.